The zero-order chi connectivity index (χ0) is 12.5. The van der Waals surface area contributed by atoms with E-state index in [1.807, 2.05) is 5.38 Å². The second kappa shape index (κ2) is 4.78. The highest BCUT2D eigenvalue weighted by Crippen LogP contribution is 2.26. The summed E-state index contributed by atoms with van der Waals surface area (Å²) in [4.78, 5) is 4.30. The number of rotatable bonds is 2. The first-order chi connectivity index (χ1) is 7.95. The molecule has 0 aliphatic carbocycles. The summed E-state index contributed by atoms with van der Waals surface area (Å²) in [6.45, 7) is 6.65. The third kappa shape index (κ3) is 3.30. The number of nitrogens with zero attached hydrogens (tertiary/aromatic N) is 1. The van der Waals surface area contributed by atoms with Crippen LogP contribution in [0.2, 0.25) is 0 Å². The molecule has 0 radical (unpaired) electrons. The minimum Gasteiger partial charge on any atom is -0.332 e. The van der Waals surface area contributed by atoms with Crippen LogP contribution in [-0.4, -0.2) is 4.98 Å². The van der Waals surface area contributed by atoms with E-state index < -0.39 is 0 Å². The predicted octanol–water partition coefficient (Wildman–Crippen LogP) is 4.95. The molecule has 0 saturated heterocycles. The molecule has 0 aliphatic heterocycles. The van der Waals surface area contributed by atoms with Crippen molar-refractivity contribution in [1.29, 1.82) is 0 Å². The van der Waals surface area contributed by atoms with E-state index in [0.717, 1.165) is 15.4 Å². The summed E-state index contributed by atoms with van der Waals surface area (Å²) >= 11 is 4.93. The Kier molecular flexibility index (Phi) is 3.54. The Morgan fingerprint density at radius 2 is 1.82 bits per heavy atom. The van der Waals surface area contributed by atoms with Crippen LogP contribution < -0.4 is 5.32 Å². The van der Waals surface area contributed by atoms with E-state index in [-0.39, 0.29) is 5.41 Å². The fourth-order valence-electron chi connectivity index (χ4n) is 1.49. The Balaban J connectivity index is 2.13. The average molecular weight is 311 g/mol. The van der Waals surface area contributed by atoms with Gasteiger partial charge in [-0.05, 0) is 39.0 Å². The van der Waals surface area contributed by atoms with Gasteiger partial charge in [0.25, 0.3) is 0 Å². The van der Waals surface area contributed by atoms with Crippen molar-refractivity contribution < 1.29 is 0 Å². The lowest BCUT2D eigenvalue weighted by Crippen LogP contribution is -2.10. The van der Waals surface area contributed by atoms with Crippen LogP contribution >= 0.6 is 27.3 Å². The minimum absolute atomic E-state index is 0.197. The highest BCUT2D eigenvalue weighted by molar-refractivity contribution is 9.10. The highest BCUT2D eigenvalue weighted by atomic mass is 79.9. The topological polar surface area (TPSA) is 24.9 Å². The second-order valence-corrected chi connectivity index (χ2v) is 6.60. The molecule has 0 aliphatic rings. The molecular weight excluding hydrogens is 296 g/mol. The Hall–Kier alpha value is -0.870. The number of benzene rings is 1. The highest BCUT2D eigenvalue weighted by Gasteiger charge is 2.12. The second-order valence-electron chi connectivity index (χ2n) is 4.93. The van der Waals surface area contributed by atoms with Gasteiger partial charge in [-0.3, -0.25) is 0 Å². The van der Waals surface area contributed by atoms with E-state index in [2.05, 4.69) is 71.3 Å². The largest absolute Gasteiger partial charge is 0.332 e. The van der Waals surface area contributed by atoms with Crippen molar-refractivity contribution in [3.63, 3.8) is 0 Å². The van der Waals surface area contributed by atoms with Gasteiger partial charge in [0.1, 0.15) is 4.60 Å². The van der Waals surface area contributed by atoms with Gasteiger partial charge in [0.2, 0.25) is 0 Å². The fraction of sp³-hybridized carbons (Fsp3) is 0.308. The van der Waals surface area contributed by atoms with E-state index in [9.17, 15) is 0 Å². The van der Waals surface area contributed by atoms with Crippen molar-refractivity contribution in [2.75, 3.05) is 5.32 Å². The first-order valence-corrected chi connectivity index (χ1v) is 7.11. The molecule has 0 atom stereocenters. The number of anilines is 2. The Morgan fingerprint density at radius 3 is 2.29 bits per heavy atom. The van der Waals surface area contributed by atoms with Gasteiger partial charge in [-0.2, -0.15) is 0 Å². The molecule has 2 aromatic rings. The van der Waals surface area contributed by atoms with Crippen LogP contribution in [0.25, 0.3) is 0 Å². The minimum atomic E-state index is 0.197. The lowest BCUT2D eigenvalue weighted by molar-refractivity contribution is 0.590. The lowest BCUT2D eigenvalue weighted by atomic mass is 9.87. The lowest BCUT2D eigenvalue weighted by Gasteiger charge is -2.19. The summed E-state index contributed by atoms with van der Waals surface area (Å²) in [7, 11) is 0. The van der Waals surface area contributed by atoms with Crippen molar-refractivity contribution in [1.82, 2.24) is 4.98 Å². The molecule has 1 aromatic heterocycles. The summed E-state index contributed by atoms with van der Waals surface area (Å²) < 4.78 is 0.872. The van der Waals surface area contributed by atoms with Crippen LogP contribution in [0.15, 0.2) is 34.2 Å². The molecule has 17 heavy (non-hydrogen) atoms. The molecule has 90 valence electrons. The van der Waals surface area contributed by atoms with Crippen molar-refractivity contribution in [3.8, 4) is 0 Å². The van der Waals surface area contributed by atoms with E-state index >= 15 is 0 Å². The molecule has 4 heteroatoms. The maximum Gasteiger partial charge on any atom is 0.188 e. The first kappa shape index (κ1) is 12.6. The van der Waals surface area contributed by atoms with Gasteiger partial charge in [-0.25, -0.2) is 4.98 Å². The summed E-state index contributed by atoms with van der Waals surface area (Å²) in [6.07, 6.45) is 0. The molecule has 0 saturated carbocycles. The maximum absolute atomic E-state index is 4.30. The molecular formula is C13H15BrN2S. The van der Waals surface area contributed by atoms with Gasteiger partial charge in [-0.1, -0.05) is 32.9 Å². The van der Waals surface area contributed by atoms with E-state index in [1.54, 1.807) is 11.3 Å². The molecule has 0 unspecified atom stereocenters. The molecule has 1 aromatic carbocycles. The van der Waals surface area contributed by atoms with Crippen molar-refractivity contribution in [2.45, 2.75) is 26.2 Å². The average Bonchev–Trinajstić information content (AvgIpc) is 2.63. The Morgan fingerprint density at radius 1 is 1.18 bits per heavy atom. The zero-order valence-corrected chi connectivity index (χ0v) is 12.5. The fourth-order valence-corrected chi connectivity index (χ4v) is 2.65. The third-order valence-electron chi connectivity index (χ3n) is 2.48. The van der Waals surface area contributed by atoms with Gasteiger partial charge in [0, 0.05) is 11.1 Å². The molecule has 2 rings (SSSR count). The predicted molar refractivity (Wildman–Crippen MR) is 78.2 cm³/mol. The van der Waals surface area contributed by atoms with Crippen LogP contribution in [0.4, 0.5) is 10.8 Å². The normalized spacial score (nSPS) is 11.5. The number of hydrogen-bond acceptors (Lipinski definition) is 3. The molecule has 0 spiro atoms. The van der Waals surface area contributed by atoms with Crippen molar-refractivity contribution in [3.05, 3.63) is 39.8 Å². The van der Waals surface area contributed by atoms with E-state index in [4.69, 9.17) is 0 Å². The van der Waals surface area contributed by atoms with E-state index in [1.165, 1.54) is 5.56 Å². The molecule has 0 fully saturated rings. The van der Waals surface area contributed by atoms with Gasteiger partial charge in [0.05, 0.1) is 0 Å². The maximum atomic E-state index is 4.30. The van der Waals surface area contributed by atoms with Gasteiger partial charge in [0.15, 0.2) is 5.13 Å². The van der Waals surface area contributed by atoms with Crippen LogP contribution in [0, 0.1) is 0 Å². The number of aromatic nitrogens is 1. The molecule has 2 nitrogen and oxygen atoms in total. The number of thiazole rings is 1. The van der Waals surface area contributed by atoms with Crippen LogP contribution in [0.1, 0.15) is 26.3 Å². The van der Waals surface area contributed by atoms with Crippen molar-refractivity contribution >= 4 is 38.1 Å². The van der Waals surface area contributed by atoms with Crippen LogP contribution in [0.5, 0.6) is 0 Å². The third-order valence-corrected chi connectivity index (χ3v) is 3.95. The summed E-state index contributed by atoms with van der Waals surface area (Å²) in [5, 5.41) is 6.15. The quantitative estimate of drug-likeness (QED) is 0.849. The molecule has 1 heterocycles. The Bertz CT molecular complexity index is 497. The number of hydrogen-bond donors (Lipinski definition) is 1. The first-order valence-electron chi connectivity index (χ1n) is 5.44. The summed E-state index contributed by atoms with van der Waals surface area (Å²) in [5.74, 6) is 0. The molecule has 1 N–H and O–H groups in total. The number of halogens is 1. The molecule has 0 amide bonds. The smallest absolute Gasteiger partial charge is 0.188 e. The monoisotopic (exact) mass is 310 g/mol. The Labute approximate surface area is 114 Å². The SMILES string of the molecule is CC(C)(C)c1ccc(Nc2nc(Br)cs2)cc1. The van der Waals surface area contributed by atoms with Gasteiger partial charge >= 0.3 is 0 Å². The van der Waals surface area contributed by atoms with Crippen LogP contribution in [-0.2, 0) is 5.41 Å². The standard InChI is InChI=1S/C13H15BrN2S/c1-13(2,3)9-4-6-10(7-5-9)15-12-16-11(14)8-17-12/h4-8H,1-3H3,(H,15,16). The summed E-state index contributed by atoms with van der Waals surface area (Å²) in [5.41, 5.74) is 2.60. The molecule has 0 bridgehead atoms. The van der Waals surface area contributed by atoms with Crippen LogP contribution in [0.3, 0.4) is 0 Å². The van der Waals surface area contributed by atoms with Crippen molar-refractivity contribution in [2.24, 2.45) is 0 Å². The zero-order valence-electron chi connectivity index (χ0n) is 10.1. The number of nitrogens with one attached hydrogen (secondary N) is 1. The summed E-state index contributed by atoms with van der Waals surface area (Å²) in [6, 6.07) is 8.50. The van der Waals surface area contributed by atoms with Gasteiger partial charge in [-0.15, -0.1) is 11.3 Å². The van der Waals surface area contributed by atoms with Gasteiger partial charge < -0.3 is 5.32 Å². The van der Waals surface area contributed by atoms with E-state index in [0.29, 0.717) is 0 Å².